The Morgan fingerprint density at radius 1 is 0.588 bits per heavy atom. The maximum Gasteiger partial charge on any atom is 0.298 e. The third-order valence-corrected chi connectivity index (χ3v) is 9.75. The molecule has 0 radical (unpaired) electrons. The van der Waals surface area contributed by atoms with Gasteiger partial charge >= 0.3 is 0 Å². The third kappa shape index (κ3) is 5.39. The summed E-state index contributed by atoms with van der Waals surface area (Å²) >= 11 is 5.39. The molecule has 0 heterocycles. The van der Waals surface area contributed by atoms with Crippen LogP contribution >= 0.6 is 31.9 Å². The Morgan fingerprint density at radius 2 is 0.853 bits per heavy atom. The van der Waals surface area contributed by atoms with E-state index >= 15 is 0 Å². The monoisotopic (exact) mass is 690 g/mol. The van der Waals surface area contributed by atoms with E-state index in [9.17, 15) is 51.9 Å². The minimum absolute atomic E-state index is 0.343. The molecule has 14 nitrogen and oxygen atoms in total. The number of hydrogen-bond donors (Lipinski definition) is 4. The summed E-state index contributed by atoms with van der Waals surface area (Å²) in [6.07, 6.45) is 0. The lowest BCUT2D eigenvalue weighted by molar-refractivity contribution is 0.390. The highest BCUT2D eigenvalue weighted by Gasteiger charge is 2.36. The van der Waals surface area contributed by atoms with Gasteiger partial charge in [0.2, 0.25) is 0 Å². The van der Waals surface area contributed by atoms with Crippen LogP contribution in [0.1, 0.15) is 0 Å². The molecule has 0 saturated carbocycles. The average molecular weight is 692 g/mol. The average Bonchev–Trinajstić information content (AvgIpc) is 2.63. The van der Waals surface area contributed by atoms with Crippen molar-refractivity contribution in [1.82, 2.24) is 0 Å². The van der Waals surface area contributed by atoms with Crippen LogP contribution in [0.4, 0.5) is 0 Å². The molecule has 0 fully saturated rings. The van der Waals surface area contributed by atoms with Crippen molar-refractivity contribution >= 4 is 72.3 Å². The zero-order chi connectivity index (χ0) is 26.6. The van der Waals surface area contributed by atoms with E-state index in [1.165, 1.54) is 0 Å². The first-order valence-electron chi connectivity index (χ1n) is 7.89. The predicted octanol–water partition coefficient (Wildman–Crippen LogP) is 1.88. The number of benzene rings is 2. The standard InChI is InChI=1S/C14H12Br2O14S4/c1-29-11-9(15)7(31(17,18)19)3-5(13(11)33(23,24)25)6-4-8(32(20,21)22)10(16)12(30-2)14(6)34(26,27)28/h3-4H,1-2H3,(H,17,18,19)(H,20,21,22)(H,23,24,25)(H,26,27,28). The molecule has 190 valence electrons. The largest absolute Gasteiger partial charge is 0.494 e. The molecule has 0 spiro atoms. The third-order valence-electron chi connectivity index (χ3n) is 4.05. The highest BCUT2D eigenvalue weighted by Crippen LogP contribution is 2.49. The number of rotatable bonds is 7. The minimum Gasteiger partial charge on any atom is -0.494 e. The molecule has 2 aromatic carbocycles. The molecule has 0 aliphatic heterocycles. The molecule has 2 rings (SSSR count). The van der Waals surface area contributed by atoms with Crippen molar-refractivity contribution in [2.24, 2.45) is 0 Å². The van der Waals surface area contributed by atoms with Crippen molar-refractivity contribution in [3.8, 4) is 22.6 Å². The molecule has 0 aliphatic carbocycles. The topological polar surface area (TPSA) is 236 Å². The zero-order valence-corrected chi connectivity index (χ0v) is 22.9. The Bertz CT molecular complexity index is 1500. The van der Waals surface area contributed by atoms with E-state index in [0.29, 0.717) is 12.1 Å². The number of halogens is 2. The molecular formula is C14H12Br2O14S4. The van der Waals surface area contributed by atoms with E-state index in [0.717, 1.165) is 14.2 Å². The van der Waals surface area contributed by atoms with Gasteiger partial charge in [-0.15, -0.1) is 0 Å². The summed E-state index contributed by atoms with van der Waals surface area (Å²) in [6.45, 7) is 0. The van der Waals surface area contributed by atoms with E-state index < -0.39 is 91.6 Å². The van der Waals surface area contributed by atoms with Crippen molar-refractivity contribution in [3.05, 3.63) is 21.1 Å². The van der Waals surface area contributed by atoms with Gasteiger partial charge in [-0.2, -0.15) is 33.7 Å². The quantitative estimate of drug-likeness (QED) is 0.304. The van der Waals surface area contributed by atoms with Gasteiger partial charge in [0.1, 0.15) is 19.6 Å². The molecule has 20 heteroatoms. The molecule has 0 atom stereocenters. The van der Waals surface area contributed by atoms with Gasteiger partial charge in [-0.25, -0.2) is 0 Å². The van der Waals surface area contributed by atoms with Gasteiger partial charge in [-0.3, -0.25) is 18.2 Å². The fourth-order valence-electron chi connectivity index (χ4n) is 2.84. The van der Waals surface area contributed by atoms with E-state index in [1.54, 1.807) is 0 Å². The minimum atomic E-state index is -5.42. The molecule has 0 amide bonds. The lowest BCUT2D eigenvalue weighted by Crippen LogP contribution is -2.12. The smallest absolute Gasteiger partial charge is 0.298 e. The van der Waals surface area contributed by atoms with Crippen molar-refractivity contribution in [2.75, 3.05) is 14.2 Å². The predicted molar refractivity (Wildman–Crippen MR) is 120 cm³/mol. The van der Waals surface area contributed by atoms with Crippen LogP contribution in [0.25, 0.3) is 11.1 Å². The Morgan fingerprint density at radius 3 is 1.03 bits per heavy atom. The van der Waals surface area contributed by atoms with Crippen LogP contribution in [0, 0.1) is 0 Å². The Balaban J connectivity index is 3.48. The number of hydrogen-bond acceptors (Lipinski definition) is 10. The van der Waals surface area contributed by atoms with Crippen molar-refractivity contribution in [1.29, 1.82) is 0 Å². The summed E-state index contributed by atoms with van der Waals surface area (Å²) < 4.78 is 143. The normalized spacial score (nSPS) is 13.1. The molecule has 0 bridgehead atoms. The summed E-state index contributed by atoms with van der Waals surface area (Å²) in [4.78, 5) is -4.82. The van der Waals surface area contributed by atoms with E-state index in [2.05, 4.69) is 31.9 Å². The molecule has 0 saturated heterocycles. The van der Waals surface area contributed by atoms with Crippen LogP contribution in [0.2, 0.25) is 0 Å². The SMILES string of the molecule is COc1c(Br)c(S(=O)(=O)O)cc(-c2cc(S(=O)(=O)O)c(Br)c(OC)c2S(=O)(=O)O)c1S(=O)(=O)O. The van der Waals surface area contributed by atoms with Gasteiger partial charge in [-0.1, -0.05) is 0 Å². The first-order chi connectivity index (χ1) is 15.2. The van der Waals surface area contributed by atoms with Gasteiger partial charge in [0.15, 0.2) is 11.5 Å². The van der Waals surface area contributed by atoms with Gasteiger partial charge in [-0.05, 0) is 44.0 Å². The van der Waals surface area contributed by atoms with Crippen molar-refractivity contribution in [2.45, 2.75) is 19.6 Å². The molecule has 2 aromatic rings. The van der Waals surface area contributed by atoms with Crippen LogP contribution in [0.15, 0.2) is 40.7 Å². The van der Waals surface area contributed by atoms with Crippen LogP contribution in [-0.4, -0.2) is 66.1 Å². The van der Waals surface area contributed by atoms with Crippen LogP contribution in [0.3, 0.4) is 0 Å². The zero-order valence-electron chi connectivity index (χ0n) is 16.4. The lowest BCUT2D eigenvalue weighted by atomic mass is 10.0. The molecule has 34 heavy (non-hydrogen) atoms. The van der Waals surface area contributed by atoms with E-state index in [1.807, 2.05) is 0 Å². The van der Waals surface area contributed by atoms with Crippen LogP contribution in [0.5, 0.6) is 11.5 Å². The second-order valence-corrected chi connectivity index (χ2v) is 13.2. The maximum absolute atomic E-state index is 12.2. The summed E-state index contributed by atoms with van der Waals surface area (Å²) in [7, 11) is -19.6. The first-order valence-corrected chi connectivity index (χ1v) is 15.2. The Kier molecular flexibility index (Phi) is 7.86. The van der Waals surface area contributed by atoms with Crippen molar-refractivity contribution < 1.29 is 61.4 Å². The number of methoxy groups -OCH3 is 2. The summed E-state index contributed by atoms with van der Waals surface area (Å²) in [5.41, 5.74) is -2.17. The lowest BCUT2D eigenvalue weighted by Gasteiger charge is -2.20. The second kappa shape index (κ2) is 9.26. The van der Waals surface area contributed by atoms with Gasteiger partial charge in [0.25, 0.3) is 40.5 Å². The molecule has 0 unspecified atom stereocenters. The molecule has 0 aromatic heterocycles. The van der Waals surface area contributed by atoms with Gasteiger partial charge in [0, 0.05) is 11.1 Å². The number of ether oxygens (including phenoxy) is 2. The molecular weight excluding hydrogens is 680 g/mol. The summed E-state index contributed by atoms with van der Waals surface area (Å²) in [6, 6.07) is 0.687. The highest BCUT2D eigenvalue weighted by atomic mass is 79.9. The van der Waals surface area contributed by atoms with Gasteiger partial charge < -0.3 is 9.47 Å². The van der Waals surface area contributed by atoms with E-state index in [-0.39, 0.29) is 0 Å². The summed E-state index contributed by atoms with van der Waals surface area (Å²) in [5.74, 6) is -1.91. The highest BCUT2D eigenvalue weighted by molar-refractivity contribution is 9.11. The van der Waals surface area contributed by atoms with Crippen LogP contribution in [-0.2, 0) is 40.5 Å². The van der Waals surface area contributed by atoms with Crippen LogP contribution < -0.4 is 9.47 Å². The van der Waals surface area contributed by atoms with Gasteiger partial charge in [0.05, 0.1) is 23.2 Å². The Hall–Kier alpha value is -1.36. The summed E-state index contributed by atoms with van der Waals surface area (Å²) in [5, 5.41) is 0. The van der Waals surface area contributed by atoms with E-state index in [4.69, 9.17) is 9.47 Å². The van der Waals surface area contributed by atoms with Crippen molar-refractivity contribution in [3.63, 3.8) is 0 Å². The maximum atomic E-state index is 12.2. The fraction of sp³-hybridized carbons (Fsp3) is 0.143. The molecule has 4 N–H and O–H groups in total. The fourth-order valence-corrected chi connectivity index (χ4v) is 8.18. The first kappa shape index (κ1) is 28.9. The Labute approximate surface area is 210 Å². The second-order valence-electron chi connectivity index (χ2n) is 6.10. The molecule has 0 aliphatic rings.